The average molecular weight is 921 g/mol. The molecule has 0 spiro atoms. The first kappa shape index (κ1) is 73.4. The van der Waals surface area contributed by atoms with E-state index in [0.29, 0.717) is 25.6 Å². The Morgan fingerprint density at radius 1 is 0.431 bits per heavy atom. The minimum atomic E-state index is -0.813. The van der Waals surface area contributed by atoms with Crippen molar-refractivity contribution in [3.63, 3.8) is 0 Å². The quantitative estimate of drug-likeness (QED) is 0.0417. The van der Waals surface area contributed by atoms with Crippen molar-refractivity contribution >= 4 is 18.2 Å². The summed E-state index contributed by atoms with van der Waals surface area (Å²) in [6, 6.07) is 31.5. The molecule has 374 valence electrons. The normalized spacial score (nSPS) is 9.35. The van der Waals surface area contributed by atoms with Crippen LogP contribution in [0.4, 0.5) is 9.59 Å². The lowest BCUT2D eigenvalue weighted by Crippen LogP contribution is -2.19. The molecule has 2 amide bonds. The Balaban J connectivity index is -0.000000171. The highest BCUT2D eigenvalue weighted by atomic mass is 16.6. The molecule has 0 radical (unpaired) electrons. The third-order valence-electron chi connectivity index (χ3n) is 8.48. The summed E-state index contributed by atoms with van der Waals surface area (Å²) in [4.78, 5) is 30.6. The van der Waals surface area contributed by atoms with Crippen LogP contribution in [0.25, 0.3) is 0 Å². The van der Waals surface area contributed by atoms with Crippen LogP contribution in [0, 0.1) is 0 Å². The molecule has 0 aromatic heterocycles. The van der Waals surface area contributed by atoms with Crippen molar-refractivity contribution in [1.82, 2.24) is 0 Å². The number of benzene rings is 4. The molecule has 4 rings (SSSR count). The molecule has 0 atom stereocenters. The average Bonchev–Trinajstić information content (AvgIpc) is 3.20. The van der Waals surface area contributed by atoms with Crippen molar-refractivity contribution in [2.45, 2.75) is 105 Å². The Kier molecular flexibility index (Phi) is 43.4. The standard InChI is InChI=1S/C22H27NO6.C19H24O4.C2H5NO2.8CH4/c1-16(24)26-12-13-27-19-8-4-17(5-9-19)22(2,3)18-6-10-20(11-7-18)28-14-15-29-21(23)25;1-19(2,15-3-7-17(8-4-15)22-13-11-20)16-5-9-18(10-6-16)23-14-12-21;1-5-2(3)4;;;;;;;;/h4-11H,12-15H2,1-3H3,(H2,23,25);3-10,20-21H,11-14H2,1-2H3;1H3,(H2,3,4);8*1H4. The third-order valence-corrected chi connectivity index (χ3v) is 8.48. The molecule has 0 unspecified atom stereocenters. The van der Waals surface area contributed by atoms with Gasteiger partial charge in [0.1, 0.15) is 62.6 Å². The van der Waals surface area contributed by atoms with Crippen LogP contribution >= 0.6 is 0 Å². The molecule has 0 fully saturated rings. The first-order valence-corrected chi connectivity index (χ1v) is 18.2. The van der Waals surface area contributed by atoms with Crippen LogP contribution in [0.5, 0.6) is 23.0 Å². The monoisotopic (exact) mass is 921 g/mol. The Morgan fingerprint density at radius 3 is 0.862 bits per heavy atom. The Bertz CT molecular complexity index is 1640. The van der Waals surface area contributed by atoms with E-state index in [9.17, 15) is 14.4 Å². The third kappa shape index (κ3) is 27.1. The smallest absolute Gasteiger partial charge is 0.404 e. The number of esters is 1. The number of rotatable bonds is 18. The number of aliphatic hydroxyl groups excluding tert-OH is 2. The van der Waals surface area contributed by atoms with Crippen LogP contribution in [0.2, 0.25) is 0 Å². The summed E-state index contributed by atoms with van der Waals surface area (Å²) in [5.74, 6) is 2.60. The van der Waals surface area contributed by atoms with Gasteiger partial charge in [0, 0.05) is 17.8 Å². The maximum atomic E-state index is 10.7. The molecule has 0 saturated carbocycles. The van der Waals surface area contributed by atoms with Crippen LogP contribution in [0.1, 0.15) is 116 Å². The van der Waals surface area contributed by atoms with Crippen molar-refractivity contribution in [3.8, 4) is 23.0 Å². The first-order chi connectivity index (χ1) is 27.1. The highest BCUT2D eigenvalue weighted by Crippen LogP contribution is 2.34. The second-order valence-electron chi connectivity index (χ2n) is 13.2. The first-order valence-electron chi connectivity index (χ1n) is 18.2. The number of nitrogens with two attached hydrogens (primary N) is 2. The molecule has 14 heteroatoms. The van der Waals surface area contributed by atoms with Crippen LogP contribution in [0.15, 0.2) is 97.1 Å². The van der Waals surface area contributed by atoms with E-state index >= 15 is 0 Å². The molecule has 0 bridgehead atoms. The number of hydrogen-bond acceptors (Lipinski definition) is 12. The van der Waals surface area contributed by atoms with Gasteiger partial charge < -0.3 is 54.8 Å². The fourth-order valence-electron chi connectivity index (χ4n) is 5.18. The van der Waals surface area contributed by atoms with Gasteiger partial charge in [-0.3, -0.25) is 4.79 Å². The van der Waals surface area contributed by atoms with Crippen LogP contribution in [-0.4, -0.2) is 88.3 Å². The van der Waals surface area contributed by atoms with Crippen LogP contribution in [-0.2, 0) is 29.8 Å². The molecule has 0 aliphatic carbocycles. The van der Waals surface area contributed by atoms with Gasteiger partial charge in [-0.1, -0.05) is 136 Å². The SMILES string of the molecule is C.C.C.C.C.C.C.C.CC(=O)OCCOc1ccc(C(C)(C)c2ccc(OCCOC(N)=O)cc2)cc1.CC(C)(c1ccc(OCCO)cc1)c1ccc(OCCO)cc1.COC(N)=O. The number of carbonyl (C=O) groups is 3. The second kappa shape index (κ2) is 38.5. The minimum Gasteiger partial charge on any atom is -0.491 e. The predicted molar refractivity (Wildman–Crippen MR) is 269 cm³/mol. The van der Waals surface area contributed by atoms with Crippen molar-refractivity contribution in [3.05, 3.63) is 119 Å². The Morgan fingerprint density at radius 2 is 0.662 bits per heavy atom. The van der Waals surface area contributed by atoms with Crippen LogP contribution in [0.3, 0.4) is 0 Å². The van der Waals surface area contributed by atoms with E-state index in [4.69, 9.17) is 39.6 Å². The number of aliphatic hydroxyl groups is 2. The summed E-state index contributed by atoms with van der Waals surface area (Å²) < 4.78 is 35.3. The number of carbonyl (C=O) groups excluding carboxylic acids is 3. The summed E-state index contributed by atoms with van der Waals surface area (Å²) in [6.45, 7) is 11.5. The largest absolute Gasteiger partial charge is 0.491 e. The van der Waals surface area contributed by atoms with Gasteiger partial charge in [0.2, 0.25) is 0 Å². The molecule has 0 aliphatic rings. The molecule has 6 N–H and O–H groups in total. The summed E-state index contributed by atoms with van der Waals surface area (Å²) in [7, 11) is 1.22. The summed E-state index contributed by atoms with van der Waals surface area (Å²) in [5.41, 5.74) is 13.6. The number of methoxy groups -OCH3 is 1. The van der Waals surface area contributed by atoms with E-state index in [2.05, 4.69) is 42.9 Å². The van der Waals surface area contributed by atoms with E-state index in [1.54, 1.807) is 0 Å². The molecule has 4 aromatic rings. The molecule has 0 heterocycles. The van der Waals surface area contributed by atoms with E-state index in [1.807, 2.05) is 97.1 Å². The number of ether oxygens (including phenoxy) is 7. The second-order valence-corrected chi connectivity index (χ2v) is 13.2. The van der Waals surface area contributed by atoms with Gasteiger partial charge in [-0.15, -0.1) is 0 Å². The molecular weight excluding hydrogens is 833 g/mol. The minimum absolute atomic E-state index is 0. The topological polar surface area (TPSA) is 208 Å². The summed E-state index contributed by atoms with van der Waals surface area (Å²) >= 11 is 0. The lowest BCUT2D eigenvalue weighted by molar-refractivity contribution is -0.141. The highest BCUT2D eigenvalue weighted by Gasteiger charge is 2.24. The van der Waals surface area contributed by atoms with Gasteiger partial charge in [-0.05, 0) is 70.8 Å². The fraction of sp³-hybridized carbons (Fsp3) is 0.471. The molecule has 4 aromatic carbocycles. The van der Waals surface area contributed by atoms with Gasteiger partial charge >= 0.3 is 18.2 Å². The van der Waals surface area contributed by atoms with Crippen molar-refractivity contribution < 1.29 is 57.8 Å². The fourth-order valence-corrected chi connectivity index (χ4v) is 5.18. The van der Waals surface area contributed by atoms with E-state index in [0.717, 1.165) is 28.4 Å². The Labute approximate surface area is 393 Å². The molecular formula is C51H88N2O12. The zero-order valence-corrected chi connectivity index (χ0v) is 33.5. The van der Waals surface area contributed by atoms with Crippen molar-refractivity contribution in [2.75, 3.05) is 60.0 Å². The lowest BCUT2D eigenvalue weighted by Gasteiger charge is -2.26. The predicted octanol–water partition coefficient (Wildman–Crippen LogP) is 11.0. The van der Waals surface area contributed by atoms with Gasteiger partial charge in [0.25, 0.3) is 0 Å². The maximum Gasteiger partial charge on any atom is 0.404 e. The Hall–Kier alpha value is -5.99. The maximum absolute atomic E-state index is 10.7. The van der Waals surface area contributed by atoms with E-state index < -0.39 is 12.2 Å². The van der Waals surface area contributed by atoms with Gasteiger partial charge in [0.05, 0.1) is 20.3 Å². The van der Waals surface area contributed by atoms with Crippen LogP contribution < -0.4 is 30.4 Å². The van der Waals surface area contributed by atoms with Gasteiger partial charge in [-0.2, -0.15) is 0 Å². The van der Waals surface area contributed by atoms with Gasteiger partial charge in [0.15, 0.2) is 0 Å². The molecule has 0 saturated heterocycles. The van der Waals surface area contributed by atoms with Gasteiger partial charge in [-0.25, -0.2) is 9.59 Å². The highest BCUT2D eigenvalue weighted by molar-refractivity contribution is 5.66. The van der Waals surface area contributed by atoms with E-state index in [-0.39, 0.29) is 109 Å². The zero-order valence-electron chi connectivity index (χ0n) is 33.5. The van der Waals surface area contributed by atoms with E-state index in [1.165, 1.54) is 25.2 Å². The molecule has 65 heavy (non-hydrogen) atoms. The van der Waals surface area contributed by atoms with Crippen molar-refractivity contribution in [1.29, 1.82) is 0 Å². The summed E-state index contributed by atoms with van der Waals surface area (Å²) in [5, 5.41) is 17.6. The summed E-state index contributed by atoms with van der Waals surface area (Å²) in [6.07, 6.45) is -1.56. The number of hydrogen-bond donors (Lipinski definition) is 4. The van der Waals surface area contributed by atoms with Crippen molar-refractivity contribution in [2.24, 2.45) is 11.5 Å². The number of amides is 2. The zero-order chi connectivity index (χ0) is 42.3. The molecule has 14 nitrogen and oxygen atoms in total. The molecule has 0 aliphatic heterocycles. The number of primary amides is 2. The lowest BCUT2D eigenvalue weighted by atomic mass is 9.78.